The minimum Gasteiger partial charge on any atom is -0.374 e. The van der Waals surface area contributed by atoms with Crippen LogP contribution >= 0.6 is 0 Å². The Kier molecular flexibility index (Phi) is 16.4. The van der Waals surface area contributed by atoms with Gasteiger partial charge in [-0.25, -0.2) is 9.97 Å². The molecule has 10 nitrogen and oxygen atoms in total. The van der Waals surface area contributed by atoms with E-state index in [1.54, 1.807) is 0 Å². The molecule has 3 N–H and O–H groups in total. The molecule has 0 aromatic carbocycles. The van der Waals surface area contributed by atoms with E-state index >= 15 is 0 Å². The van der Waals surface area contributed by atoms with Crippen molar-refractivity contribution in [2.24, 2.45) is 0 Å². The number of nitrogens with one attached hydrogen (secondary N) is 3. The van der Waals surface area contributed by atoms with E-state index in [1.165, 1.54) is 24.2 Å². The lowest BCUT2D eigenvalue weighted by atomic mass is 9.84. The Morgan fingerprint density at radius 3 is 2.13 bits per heavy atom. The first-order valence-corrected chi connectivity index (χ1v) is 24.2. The maximum Gasteiger partial charge on any atom is 0.264 e. The summed E-state index contributed by atoms with van der Waals surface area (Å²) in [4.78, 5) is 62.3. The van der Waals surface area contributed by atoms with E-state index in [2.05, 4.69) is 82.8 Å². The lowest BCUT2D eigenvalue weighted by molar-refractivity contribution is -0.121. The fourth-order valence-corrected chi connectivity index (χ4v) is 9.79. The summed E-state index contributed by atoms with van der Waals surface area (Å²) in [5.41, 5.74) is 12.5. The lowest BCUT2D eigenvalue weighted by Gasteiger charge is -2.27. The highest BCUT2D eigenvalue weighted by Crippen LogP contribution is 2.45. The largest absolute Gasteiger partial charge is 0.374 e. The third kappa shape index (κ3) is 10.1. The van der Waals surface area contributed by atoms with E-state index in [0.29, 0.717) is 49.2 Å². The number of allylic oxidation sites excluding steroid dienone is 3. The van der Waals surface area contributed by atoms with Gasteiger partial charge < -0.3 is 20.0 Å². The van der Waals surface area contributed by atoms with Crippen LogP contribution in [-0.4, -0.2) is 68.4 Å². The van der Waals surface area contributed by atoms with Crippen LogP contribution in [0.2, 0.25) is 0 Å². The summed E-state index contributed by atoms with van der Waals surface area (Å²) in [6.07, 6.45) is 15.5. The van der Waals surface area contributed by atoms with E-state index in [4.69, 9.17) is 14.7 Å². The van der Waals surface area contributed by atoms with Gasteiger partial charge >= 0.3 is 0 Å². The van der Waals surface area contributed by atoms with Gasteiger partial charge in [-0.05, 0) is 100 Å². The number of aromatic nitrogens is 4. The number of aromatic amines is 2. The van der Waals surface area contributed by atoms with Gasteiger partial charge in [-0.1, -0.05) is 98.8 Å². The predicted molar refractivity (Wildman–Crippen MR) is 254 cm³/mol. The van der Waals surface area contributed by atoms with Crippen molar-refractivity contribution < 1.29 is 19.1 Å². The molecular weight excluding hydrogens is 773 g/mol. The third-order valence-electron chi connectivity index (χ3n) is 13.7. The summed E-state index contributed by atoms with van der Waals surface area (Å²) in [7, 11) is 0. The van der Waals surface area contributed by atoms with E-state index in [-0.39, 0.29) is 35.7 Å². The molecule has 2 aromatic rings. The topological polar surface area (TPSA) is 133 Å². The maximum absolute atomic E-state index is 15.0. The zero-order valence-electron chi connectivity index (χ0n) is 39.4. The Labute approximate surface area is 370 Å². The molecule has 10 heteroatoms. The number of hydrogen-bond donors (Lipinski definition) is 3. The molecule has 0 spiro atoms. The minimum absolute atomic E-state index is 0.0194. The van der Waals surface area contributed by atoms with Crippen molar-refractivity contribution in [1.29, 1.82) is 0 Å². The van der Waals surface area contributed by atoms with E-state index in [9.17, 15) is 14.4 Å². The van der Waals surface area contributed by atoms with Crippen LogP contribution in [0.1, 0.15) is 230 Å². The molecule has 6 rings (SSSR count). The van der Waals surface area contributed by atoms with Gasteiger partial charge in [0.15, 0.2) is 0 Å². The van der Waals surface area contributed by atoms with Crippen molar-refractivity contribution in [2.45, 2.75) is 183 Å². The quantitative estimate of drug-likeness (QED) is 0.0798. The third-order valence-corrected chi connectivity index (χ3v) is 13.7. The van der Waals surface area contributed by atoms with Gasteiger partial charge in [0.2, 0.25) is 5.91 Å². The Morgan fingerprint density at radius 1 is 0.774 bits per heavy atom. The first-order chi connectivity index (χ1) is 29.9. The van der Waals surface area contributed by atoms with Crippen LogP contribution in [-0.2, 0) is 9.53 Å². The van der Waals surface area contributed by atoms with Crippen molar-refractivity contribution in [3.8, 4) is 0 Å². The molecule has 1 unspecified atom stereocenters. The van der Waals surface area contributed by atoms with E-state index < -0.39 is 0 Å². The Bertz CT molecular complexity index is 2240. The summed E-state index contributed by atoms with van der Waals surface area (Å²) in [5.74, 6) is -0.800. The van der Waals surface area contributed by atoms with Gasteiger partial charge in [0.25, 0.3) is 11.8 Å². The SMILES string of the molecule is CCCCCCCOC(C)C1=C(C)c2cc3[nH]c(c4c5[nH]c(cc6nc(cc1n2)C(C)=C6CC)c(C)c5C(=O)N(CCCCCC)C4=O)[C@@H](CCC(=O)NCCCCCC)[C@@H]3C. The normalized spacial score (nSPS) is 17.3. The zero-order valence-corrected chi connectivity index (χ0v) is 39.4. The Balaban J connectivity index is 1.56. The first kappa shape index (κ1) is 46.9. The Hall–Kier alpha value is -4.57. The molecule has 0 saturated carbocycles. The zero-order chi connectivity index (χ0) is 44.5. The standard InChI is InChI=1S/C52H74N6O4/c1-10-14-17-20-23-28-62-36(9)46-34(7)41-29-40-33(6)38(24-25-45(59)53-26-21-18-15-11-2)49(56-40)48-50-47(51(60)58(52(48)61)27-22-19-16-12-3)35(8)42(57-50)30-43-37(13-4)32(5)39(54-43)31-44(46)55-41/h29-31,33,36,38,56-57H,10-28H2,1-9H3,(H,53,59)/t33-,36?,38-/m0/s1. The van der Waals surface area contributed by atoms with Crippen LogP contribution in [0.25, 0.3) is 33.3 Å². The van der Waals surface area contributed by atoms with Gasteiger partial charge in [-0.3, -0.25) is 19.3 Å². The molecule has 2 aromatic heterocycles. The van der Waals surface area contributed by atoms with Gasteiger partial charge in [-0.2, -0.15) is 0 Å². The molecule has 0 fully saturated rings. The summed E-state index contributed by atoms with van der Waals surface area (Å²) in [6.45, 7) is 21.0. The molecule has 0 radical (unpaired) electrons. The second kappa shape index (κ2) is 21.7. The van der Waals surface area contributed by atoms with Gasteiger partial charge in [-0.15, -0.1) is 0 Å². The van der Waals surface area contributed by atoms with Crippen molar-refractivity contribution in [3.63, 3.8) is 0 Å². The number of amides is 3. The molecule has 3 amide bonds. The molecule has 4 aliphatic rings. The number of ether oxygens (including phenoxy) is 1. The number of nitrogens with zero attached hydrogens (tertiary/aromatic N) is 3. The predicted octanol–water partition coefficient (Wildman–Crippen LogP) is 12.5. The summed E-state index contributed by atoms with van der Waals surface area (Å²) < 4.78 is 6.56. The number of unbranched alkanes of at least 4 members (excludes halogenated alkanes) is 10. The fraction of sp³-hybridized carbons (Fsp3) is 0.596. The number of carbonyl (C=O) groups is 3. The van der Waals surface area contributed by atoms with Crippen LogP contribution in [0.15, 0.2) is 18.2 Å². The molecule has 6 heterocycles. The van der Waals surface area contributed by atoms with Crippen LogP contribution in [0, 0.1) is 6.92 Å². The van der Waals surface area contributed by atoms with Gasteiger partial charge in [0.1, 0.15) is 0 Å². The van der Waals surface area contributed by atoms with Crippen molar-refractivity contribution in [1.82, 2.24) is 30.2 Å². The average Bonchev–Trinajstić information content (AvgIpc) is 3.93. The van der Waals surface area contributed by atoms with Gasteiger partial charge in [0, 0.05) is 60.4 Å². The van der Waals surface area contributed by atoms with Crippen LogP contribution in [0.3, 0.4) is 0 Å². The van der Waals surface area contributed by atoms with E-state index in [1.807, 2.05) is 13.0 Å². The monoisotopic (exact) mass is 847 g/mol. The molecule has 4 aliphatic heterocycles. The summed E-state index contributed by atoms with van der Waals surface area (Å²) >= 11 is 0. The fourth-order valence-electron chi connectivity index (χ4n) is 9.79. The number of H-pyrrole nitrogens is 2. The number of carbonyl (C=O) groups excluding carboxylic acids is 3. The molecule has 0 aliphatic carbocycles. The lowest BCUT2D eigenvalue weighted by Crippen LogP contribution is -2.41. The minimum atomic E-state index is -0.296. The van der Waals surface area contributed by atoms with Crippen LogP contribution < -0.4 is 5.32 Å². The number of hydrogen-bond acceptors (Lipinski definition) is 6. The molecule has 8 bridgehead atoms. The number of aryl methyl sites for hydroxylation is 1. The molecule has 336 valence electrons. The van der Waals surface area contributed by atoms with Crippen LogP contribution in [0.4, 0.5) is 0 Å². The molecular formula is C52H74N6O4. The van der Waals surface area contributed by atoms with Crippen molar-refractivity contribution in [3.05, 3.63) is 69.1 Å². The maximum atomic E-state index is 15.0. The number of rotatable bonds is 22. The molecule has 62 heavy (non-hydrogen) atoms. The molecule has 3 atom stereocenters. The second-order valence-electron chi connectivity index (χ2n) is 18.1. The smallest absolute Gasteiger partial charge is 0.264 e. The Morgan fingerprint density at radius 2 is 1.42 bits per heavy atom. The highest BCUT2D eigenvalue weighted by molar-refractivity contribution is 6.23. The van der Waals surface area contributed by atoms with Crippen molar-refractivity contribution >= 4 is 51.0 Å². The average molecular weight is 847 g/mol. The van der Waals surface area contributed by atoms with Crippen LogP contribution in [0.5, 0.6) is 0 Å². The first-order valence-electron chi connectivity index (χ1n) is 24.2. The van der Waals surface area contributed by atoms with Crippen molar-refractivity contribution in [2.75, 3.05) is 19.7 Å². The second-order valence-corrected chi connectivity index (χ2v) is 18.1. The van der Waals surface area contributed by atoms with E-state index in [0.717, 1.165) is 138 Å². The summed E-state index contributed by atoms with van der Waals surface area (Å²) in [6, 6.07) is 6.30. The van der Waals surface area contributed by atoms with Gasteiger partial charge in [0.05, 0.1) is 45.5 Å². The highest BCUT2D eigenvalue weighted by atomic mass is 16.5. The highest BCUT2D eigenvalue weighted by Gasteiger charge is 2.40. The number of fused-ring (bicyclic) bond motifs is 8. The number of imide groups is 1. The summed E-state index contributed by atoms with van der Waals surface area (Å²) in [5, 5.41) is 3.15. The molecule has 0 saturated heterocycles.